The number of hydrogen-bond donors (Lipinski definition) is 3. The largest absolute Gasteiger partial charge is 0.478 e. The molecule has 0 fully saturated rings. The highest BCUT2D eigenvalue weighted by Gasteiger charge is 2.04. The van der Waals surface area contributed by atoms with Crippen molar-refractivity contribution in [1.29, 1.82) is 0 Å². The van der Waals surface area contributed by atoms with Crippen molar-refractivity contribution in [2.75, 3.05) is 0 Å². The van der Waals surface area contributed by atoms with E-state index in [0.717, 1.165) is 0 Å². The van der Waals surface area contributed by atoms with Crippen LogP contribution in [-0.4, -0.2) is 33.2 Å². The predicted octanol–water partition coefficient (Wildman–Crippen LogP) is 1.89. The Morgan fingerprint density at radius 3 is 1.80 bits per heavy atom. The van der Waals surface area contributed by atoms with Crippen molar-refractivity contribution in [3.63, 3.8) is 0 Å². The van der Waals surface area contributed by atoms with Gasteiger partial charge in [-0.3, -0.25) is 0 Å². The smallest absolute Gasteiger partial charge is 0.335 e. The number of carboxylic acids is 3. The van der Waals surface area contributed by atoms with Crippen LogP contribution in [0.15, 0.2) is 48.6 Å². The van der Waals surface area contributed by atoms with Gasteiger partial charge in [0, 0.05) is 11.6 Å². The zero-order valence-corrected chi connectivity index (χ0v) is 10.7. The Kier molecular flexibility index (Phi) is 7.06. The van der Waals surface area contributed by atoms with Gasteiger partial charge in [0.2, 0.25) is 0 Å². The molecule has 0 aromatic heterocycles. The molecule has 0 heterocycles. The Balaban J connectivity index is 0.000000370. The molecule has 1 rings (SSSR count). The lowest BCUT2D eigenvalue weighted by molar-refractivity contribution is -0.135. The summed E-state index contributed by atoms with van der Waals surface area (Å²) in [4.78, 5) is 30.1. The van der Waals surface area contributed by atoms with E-state index >= 15 is 0 Å². The fourth-order valence-corrected chi connectivity index (χ4v) is 1.01. The van der Waals surface area contributed by atoms with Crippen molar-refractivity contribution in [3.05, 3.63) is 54.1 Å². The van der Waals surface area contributed by atoms with Gasteiger partial charge in [-0.15, -0.1) is 0 Å². The normalized spacial score (nSPS) is 9.95. The Hall–Kier alpha value is -2.89. The summed E-state index contributed by atoms with van der Waals surface area (Å²) in [5, 5.41) is 24.6. The molecule has 106 valence electrons. The molecule has 0 radical (unpaired) electrons. The summed E-state index contributed by atoms with van der Waals surface area (Å²) in [7, 11) is 0. The fourth-order valence-electron chi connectivity index (χ4n) is 1.01. The van der Waals surface area contributed by atoms with Gasteiger partial charge < -0.3 is 15.3 Å². The van der Waals surface area contributed by atoms with Gasteiger partial charge >= 0.3 is 17.9 Å². The molecule has 0 amide bonds. The Bertz CT molecular complexity index is 542. The van der Waals surface area contributed by atoms with Crippen LogP contribution in [-0.2, 0) is 14.4 Å². The molecule has 0 spiro atoms. The maximum absolute atomic E-state index is 10.4. The van der Waals surface area contributed by atoms with Crippen molar-refractivity contribution < 1.29 is 29.7 Å². The maximum atomic E-state index is 10.4. The molecule has 6 nitrogen and oxygen atoms in total. The second kappa shape index (κ2) is 8.25. The first-order valence-electron chi connectivity index (χ1n) is 5.37. The van der Waals surface area contributed by atoms with Crippen molar-refractivity contribution in [2.24, 2.45) is 0 Å². The summed E-state index contributed by atoms with van der Waals surface area (Å²) in [6, 6.07) is 8.83. The topological polar surface area (TPSA) is 112 Å². The van der Waals surface area contributed by atoms with Gasteiger partial charge in [-0.1, -0.05) is 36.9 Å². The molecule has 0 aliphatic heterocycles. The van der Waals surface area contributed by atoms with Crippen molar-refractivity contribution in [3.8, 4) is 0 Å². The highest BCUT2D eigenvalue weighted by atomic mass is 16.4. The summed E-state index contributed by atoms with van der Waals surface area (Å²) in [6.45, 7) is 4.64. The first kappa shape index (κ1) is 17.1. The summed E-state index contributed by atoms with van der Waals surface area (Å²) < 4.78 is 0. The third-order valence-electron chi connectivity index (χ3n) is 2.06. The van der Waals surface area contributed by atoms with Crippen LogP contribution in [0, 0.1) is 0 Å². The molecule has 1 aromatic rings. The minimum absolute atomic E-state index is 0.130. The van der Waals surface area contributed by atoms with E-state index in [-0.39, 0.29) is 11.1 Å². The van der Waals surface area contributed by atoms with Crippen LogP contribution in [0.4, 0.5) is 0 Å². The molecule has 0 atom stereocenters. The van der Waals surface area contributed by atoms with Gasteiger partial charge in [0.05, 0.1) is 5.57 Å². The van der Waals surface area contributed by atoms with Crippen LogP contribution in [0.3, 0.4) is 0 Å². The first-order chi connectivity index (χ1) is 9.25. The summed E-state index contributed by atoms with van der Waals surface area (Å²) in [5.74, 6) is -3.43. The minimum Gasteiger partial charge on any atom is -0.478 e. The molecule has 0 saturated heterocycles. The van der Waals surface area contributed by atoms with E-state index in [9.17, 15) is 14.4 Å². The van der Waals surface area contributed by atoms with Crippen molar-refractivity contribution >= 4 is 23.5 Å². The quantitative estimate of drug-likeness (QED) is 0.725. The highest BCUT2D eigenvalue weighted by Crippen LogP contribution is 2.10. The van der Waals surface area contributed by atoms with Crippen LogP contribution >= 0.6 is 0 Å². The summed E-state index contributed by atoms with van der Waals surface area (Å²) >= 11 is 0. The Morgan fingerprint density at radius 1 is 1.00 bits per heavy atom. The average Bonchev–Trinajstić information content (AvgIpc) is 2.38. The van der Waals surface area contributed by atoms with E-state index in [4.69, 9.17) is 15.3 Å². The van der Waals surface area contributed by atoms with Gasteiger partial charge in [-0.05, 0) is 12.5 Å². The number of hydrogen-bond acceptors (Lipinski definition) is 3. The number of carbonyl (C=O) groups is 3. The lowest BCUT2D eigenvalue weighted by Gasteiger charge is -1.97. The second-order valence-electron chi connectivity index (χ2n) is 3.62. The van der Waals surface area contributed by atoms with Crippen molar-refractivity contribution in [2.45, 2.75) is 6.92 Å². The van der Waals surface area contributed by atoms with Crippen LogP contribution in [0.5, 0.6) is 0 Å². The van der Waals surface area contributed by atoms with Crippen molar-refractivity contribution in [1.82, 2.24) is 0 Å². The molecule has 3 N–H and O–H groups in total. The molecule has 1 aromatic carbocycles. The van der Waals surface area contributed by atoms with E-state index in [0.29, 0.717) is 11.6 Å². The van der Waals surface area contributed by atoms with E-state index in [2.05, 4.69) is 6.58 Å². The van der Waals surface area contributed by atoms with E-state index in [1.165, 1.54) is 6.92 Å². The van der Waals surface area contributed by atoms with Gasteiger partial charge in [0.15, 0.2) is 0 Å². The number of rotatable bonds is 4. The third-order valence-corrected chi connectivity index (χ3v) is 2.06. The third kappa shape index (κ3) is 6.75. The molecule has 0 unspecified atom stereocenters. The molecular formula is C14H14O6. The fraction of sp³-hybridized carbons (Fsp3) is 0.0714. The van der Waals surface area contributed by atoms with Gasteiger partial charge in [-0.25, -0.2) is 14.4 Å². The molecule has 6 heteroatoms. The molecule has 0 bridgehead atoms. The zero-order valence-electron chi connectivity index (χ0n) is 10.7. The van der Waals surface area contributed by atoms with E-state index in [1.54, 1.807) is 24.3 Å². The lowest BCUT2D eigenvalue weighted by Crippen LogP contribution is -1.99. The molecule has 0 saturated carbocycles. The second-order valence-corrected chi connectivity index (χ2v) is 3.62. The Labute approximate surface area is 115 Å². The molecule has 20 heavy (non-hydrogen) atoms. The summed E-state index contributed by atoms with van der Waals surface area (Å²) in [6.07, 6.45) is 0.641. The predicted molar refractivity (Wildman–Crippen MR) is 72.1 cm³/mol. The Morgan fingerprint density at radius 2 is 1.50 bits per heavy atom. The standard InChI is InChI=1S/C9H8O2.C5H6O4/c1-7(9(10)11)8-5-3-2-4-6-8;1-3(5(8)9)2-4(6)7/h2-6H,1H2,(H,10,11);2H,1H3,(H,6,7)(H,8,9)/b;3-2+. The van der Waals surface area contributed by atoms with Crippen LogP contribution in [0.25, 0.3) is 5.57 Å². The van der Waals surface area contributed by atoms with E-state index in [1.807, 2.05) is 6.07 Å². The average molecular weight is 278 g/mol. The SMILES string of the molecule is C/C(=C\C(=O)O)C(=O)O.C=C(C(=O)O)c1ccccc1. The van der Waals surface area contributed by atoms with Crippen LogP contribution < -0.4 is 0 Å². The number of carboxylic acid groups (broad SMARTS) is 3. The molecule has 0 aliphatic rings. The molecular weight excluding hydrogens is 264 g/mol. The summed E-state index contributed by atoms with van der Waals surface area (Å²) in [5.41, 5.74) is 0.605. The van der Waals surface area contributed by atoms with Gasteiger partial charge in [0.1, 0.15) is 0 Å². The van der Waals surface area contributed by atoms with Crippen LogP contribution in [0.2, 0.25) is 0 Å². The zero-order chi connectivity index (χ0) is 15.7. The number of benzene rings is 1. The maximum Gasteiger partial charge on any atom is 0.335 e. The number of aliphatic carboxylic acids is 3. The van der Waals surface area contributed by atoms with Gasteiger partial charge in [-0.2, -0.15) is 0 Å². The first-order valence-corrected chi connectivity index (χ1v) is 5.37. The van der Waals surface area contributed by atoms with Gasteiger partial charge in [0.25, 0.3) is 0 Å². The highest BCUT2D eigenvalue weighted by molar-refractivity contribution is 6.14. The van der Waals surface area contributed by atoms with E-state index < -0.39 is 17.9 Å². The molecule has 0 aliphatic carbocycles. The monoisotopic (exact) mass is 278 g/mol. The minimum atomic E-state index is -1.24. The lowest BCUT2D eigenvalue weighted by atomic mass is 10.1. The van der Waals surface area contributed by atoms with Crippen LogP contribution in [0.1, 0.15) is 12.5 Å².